The van der Waals surface area contributed by atoms with Gasteiger partial charge in [0.05, 0.1) is 0 Å². The van der Waals surface area contributed by atoms with Crippen molar-refractivity contribution in [3.05, 3.63) is 218 Å². The predicted octanol–water partition coefficient (Wildman–Crippen LogP) is 15.8. The largest absolute Gasteiger partial charge is 0.0616 e. The summed E-state index contributed by atoms with van der Waals surface area (Å²) in [5, 5.41) is 12.6. The number of hydrogen-bond acceptors (Lipinski definition) is 0. The van der Waals surface area contributed by atoms with Crippen LogP contribution in [0, 0.1) is 0 Å². The van der Waals surface area contributed by atoms with Crippen LogP contribution < -0.4 is 0 Å². The van der Waals surface area contributed by atoms with E-state index in [2.05, 4.69) is 218 Å². The molecule has 0 amide bonds. The first-order valence-corrected chi connectivity index (χ1v) is 19.4. The molecule has 0 heterocycles. The van der Waals surface area contributed by atoms with Gasteiger partial charge < -0.3 is 0 Å². The summed E-state index contributed by atoms with van der Waals surface area (Å²) in [5.74, 6) is 0. The third kappa shape index (κ3) is 5.46. The first kappa shape index (κ1) is 32.2. The lowest BCUT2D eigenvalue weighted by Crippen LogP contribution is -1.91. The minimum Gasteiger partial charge on any atom is -0.0616 e. The van der Waals surface area contributed by atoms with Gasteiger partial charge in [0.2, 0.25) is 0 Å². The Kier molecular flexibility index (Phi) is 7.60. The van der Waals surface area contributed by atoms with E-state index < -0.39 is 0 Å². The van der Waals surface area contributed by atoms with Crippen LogP contribution in [-0.4, -0.2) is 0 Å². The summed E-state index contributed by atoms with van der Waals surface area (Å²) in [6, 6.07) is 80.3. The Hall–Kier alpha value is -7.28. The molecule has 0 aliphatic heterocycles. The molecule has 0 fully saturated rings. The van der Waals surface area contributed by atoms with Crippen LogP contribution in [0.1, 0.15) is 0 Å². The quantitative estimate of drug-likeness (QED) is 0.156. The van der Waals surface area contributed by atoms with Gasteiger partial charge in [-0.1, -0.05) is 200 Å². The molecule has 0 heteroatoms. The zero-order valence-corrected chi connectivity index (χ0v) is 30.8. The average Bonchev–Trinajstić information content (AvgIpc) is 3.27. The van der Waals surface area contributed by atoms with Crippen LogP contribution in [0.25, 0.3) is 109 Å². The normalized spacial score (nSPS) is 11.6. The molecule has 11 aromatic carbocycles. The van der Waals surface area contributed by atoms with Crippen molar-refractivity contribution in [2.45, 2.75) is 0 Å². The van der Waals surface area contributed by atoms with Gasteiger partial charge in [0, 0.05) is 0 Å². The third-order valence-electron chi connectivity index (χ3n) is 11.6. The van der Waals surface area contributed by atoms with E-state index in [1.54, 1.807) is 0 Å². The molecule has 0 unspecified atom stereocenters. The lowest BCUT2D eigenvalue weighted by molar-refractivity contribution is 1.62. The maximum absolute atomic E-state index is 2.38. The molecule has 0 radical (unpaired) electrons. The van der Waals surface area contributed by atoms with Gasteiger partial charge in [-0.05, 0) is 128 Å². The van der Waals surface area contributed by atoms with Crippen molar-refractivity contribution in [2.75, 3.05) is 0 Å². The van der Waals surface area contributed by atoms with Crippen molar-refractivity contribution in [2.24, 2.45) is 0 Å². The lowest BCUT2D eigenvalue weighted by Gasteiger charge is -2.18. The third-order valence-corrected chi connectivity index (χ3v) is 11.6. The second kappa shape index (κ2) is 13.2. The summed E-state index contributed by atoms with van der Waals surface area (Å²) in [6.07, 6.45) is 0. The van der Waals surface area contributed by atoms with Crippen LogP contribution in [0.5, 0.6) is 0 Å². The zero-order chi connectivity index (χ0) is 37.0. The van der Waals surface area contributed by atoms with Gasteiger partial charge in [-0.2, -0.15) is 0 Å². The fourth-order valence-electron chi connectivity index (χ4n) is 8.85. The standard InChI is InChI=1S/C56H36/c1-2-12-44-34-45(31-24-37(44)10-1)39-22-29-43(30-23-39)55-51-15-5-7-17-53(51)56(54-18-8-6-16-52(54)55)47-33-26-40-25-32-46(35-48(40)36-47)38-20-27-42(28-21-38)50-19-9-13-41-11-3-4-14-49(41)50/h1-36H. The van der Waals surface area contributed by atoms with Crippen molar-refractivity contribution < 1.29 is 0 Å². The molecule has 0 N–H and O–H groups in total. The Morgan fingerprint density at radius 2 is 0.554 bits per heavy atom. The molecular weight excluding hydrogens is 673 g/mol. The van der Waals surface area contributed by atoms with Crippen molar-refractivity contribution in [1.29, 1.82) is 0 Å². The van der Waals surface area contributed by atoms with Crippen LogP contribution in [0.3, 0.4) is 0 Å². The molecule has 0 bridgehead atoms. The Labute approximate surface area is 326 Å². The molecule has 0 saturated heterocycles. The number of hydrogen-bond donors (Lipinski definition) is 0. The second-order valence-electron chi connectivity index (χ2n) is 14.9. The summed E-state index contributed by atoms with van der Waals surface area (Å²) >= 11 is 0. The topological polar surface area (TPSA) is 0 Å². The van der Waals surface area contributed by atoms with Gasteiger partial charge in [0.25, 0.3) is 0 Å². The smallest absolute Gasteiger partial charge is 0.00262 e. The molecule has 260 valence electrons. The van der Waals surface area contributed by atoms with Gasteiger partial charge in [-0.25, -0.2) is 0 Å². The Bertz CT molecular complexity index is 3210. The van der Waals surface area contributed by atoms with Gasteiger partial charge >= 0.3 is 0 Å². The first-order chi connectivity index (χ1) is 27.7. The summed E-state index contributed by atoms with van der Waals surface area (Å²) in [5.41, 5.74) is 12.4. The van der Waals surface area contributed by atoms with Gasteiger partial charge in [0.1, 0.15) is 0 Å². The molecule has 0 spiro atoms. The van der Waals surface area contributed by atoms with Crippen LogP contribution in [0.4, 0.5) is 0 Å². The monoisotopic (exact) mass is 708 g/mol. The minimum absolute atomic E-state index is 1.22. The van der Waals surface area contributed by atoms with Gasteiger partial charge in [0.15, 0.2) is 0 Å². The highest BCUT2D eigenvalue weighted by atomic mass is 14.2. The molecule has 0 atom stereocenters. The molecule has 0 aliphatic carbocycles. The number of rotatable bonds is 5. The highest BCUT2D eigenvalue weighted by Crippen LogP contribution is 2.44. The molecule has 56 heavy (non-hydrogen) atoms. The Morgan fingerprint density at radius 3 is 1.16 bits per heavy atom. The van der Waals surface area contributed by atoms with E-state index in [9.17, 15) is 0 Å². The highest BCUT2D eigenvalue weighted by molar-refractivity contribution is 6.21. The van der Waals surface area contributed by atoms with E-state index in [1.165, 1.54) is 109 Å². The summed E-state index contributed by atoms with van der Waals surface area (Å²) in [7, 11) is 0. The SMILES string of the molecule is c1ccc2cc(-c3ccc(-c4c5ccccc5c(-c5ccc6ccc(-c7ccc(-c8cccc9ccccc89)cc7)cc6c5)c5ccccc45)cc3)ccc2c1. The summed E-state index contributed by atoms with van der Waals surface area (Å²) < 4.78 is 0. The molecule has 0 aliphatic rings. The van der Waals surface area contributed by atoms with Gasteiger partial charge in [-0.3, -0.25) is 0 Å². The fourth-order valence-corrected chi connectivity index (χ4v) is 8.85. The Morgan fingerprint density at radius 1 is 0.179 bits per heavy atom. The molecule has 11 rings (SSSR count). The fraction of sp³-hybridized carbons (Fsp3) is 0. The number of fused-ring (bicyclic) bond motifs is 5. The second-order valence-corrected chi connectivity index (χ2v) is 14.9. The van der Waals surface area contributed by atoms with Crippen LogP contribution in [0.15, 0.2) is 218 Å². The van der Waals surface area contributed by atoms with Crippen molar-refractivity contribution in [3.8, 4) is 55.6 Å². The van der Waals surface area contributed by atoms with E-state index in [0.717, 1.165) is 0 Å². The number of benzene rings is 11. The molecule has 0 aromatic heterocycles. The highest BCUT2D eigenvalue weighted by Gasteiger charge is 2.17. The molecule has 0 nitrogen and oxygen atoms in total. The van der Waals surface area contributed by atoms with Crippen molar-refractivity contribution in [1.82, 2.24) is 0 Å². The average molecular weight is 709 g/mol. The molecular formula is C56H36. The minimum atomic E-state index is 1.22. The maximum atomic E-state index is 2.38. The molecule has 11 aromatic rings. The zero-order valence-electron chi connectivity index (χ0n) is 30.8. The Balaban J connectivity index is 0.996. The predicted molar refractivity (Wildman–Crippen MR) is 241 cm³/mol. The summed E-state index contributed by atoms with van der Waals surface area (Å²) in [6.45, 7) is 0. The van der Waals surface area contributed by atoms with Crippen molar-refractivity contribution in [3.63, 3.8) is 0 Å². The van der Waals surface area contributed by atoms with E-state index in [1.807, 2.05) is 0 Å². The van der Waals surface area contributed by atoms with Gasteiger partial charge in [-0.15, -0.1) is 0 Å². The lowest BCUT2D eigenvalue weighted by atomic mass is 9.85. The molecule has 0 saturated carbocycles. The van der Waals surface area contributed by atoms with E-state index >= 15 is 0 Å². The maximum Gasteiger partial charge on any atom is -0.00262 e. The van der Waals surface area contributed by atoms with E-state index in [0.29, 0.717) is 0 Å². The van der Waals surface area contributed by atoms with E-state index in [4.69, 9.17) is 0 Å². The van der Waals surface area contributed by atoms with Crippen LogP contribution in [0.2, 0.25) is 0 Å². The van der Waals surface area contributed by atoms with E-state index in [-0.39, 0.29) is 0 Å². The summed E-state index contributed by atoms with van der Waals surface area (Å²) in [4.78, 5) is 0. The first-order valence-electron chi connectivity index (χ1n) is 19.4. The van der Waals surface area contributed by atoms with Crippen LogP contribution >= 0.6 is 0 Å². The van der Waals surface area contributed by atoms with Crippen LogP contribution in [-0.2, 0) is 0 Å². The van der Waals surface area contributed by atoms with Crippen molar-refractivity contribution >= 4 is 53.9 Å².